The van der Waals surface area contributed by atoms with E-state index < -0.39 is 11.6 Å². The number of hydrogen-bond acceptors (Lipinski definition) is 2. The lowest BCUT2D eigenvalue weighted by Crippen LogP contribution is -2.29. The number of halogens is 2. The summed E-state index contributed by atoms with van der Waals surface area (Å²) in [5.74, 6) is 5.03. The van der Waals surface area contributed by atoms with Crippen molar-refractivity contribution in [2.24, 2.45) is 11.8 Å². The van der Waals surface area contributed by atoms with E-state index in [0.717, 1.165) is 25.3 Å². The first kappa shape index (κ1) is 15.1. The number of benzene rings is 1. The largest absolute Gasteiger partial charge is 0.271 e. The van der Waals surface area contributed by atoms with E-state index in [2.05, 4.69) is 19.3 Å². The highest BCUT2D eigenvalue weighted by molar-refractivity contribution is 5.28. The highest BCUT2D eigenvalue weighted by Gasteiger charge is 2.16. The van der Waals surface area contributed by atoms with Gasteiger partial charge in [-0.1, -0.05) is 26.7 Å². The normalized spacial score (nSPS) is 13.1. The summed E-state index contributed by atoms with van der Waals surface area (Å²) >= 11 is 0. The first-order valence-electron chi connectivity index (χ1n) is 6.37. The molecular formula is C14H22F2N2. The van der Waals surface area contributed by atoms with Crippen LogP contribution in [0.25, 0.3) is 0 Å². The van der Waals surface area contributed by atoms with Crippen molar-refractivity contribution >= 4 is 0 Å². The molecule has 4 heteroatoms. The van der Waals surface area contributed by atoms with Crippen LogP contribution in [-0.2, 0) is 0 Å². The monoisotopic (exact) mass is 256 g/mol. The van der Waals surface area contributed by atoms with Crippen molar-refractivity contribution in [1.82, 2.24) is 5.43 Å². The fourth-order valence-electron chi connectivity index (χ4n) is 2.01. The van der Waals surface area contributed by atoms with E-state index in [-0.39, 0.29) is 6.04 Å². The minimum atomic E-state index is -0.536. The standard InChI is InChI=1S/C14H22F2N2/c1-9(2)5-4-6-14(18-17)11-7-10(3)12(15)8-13(11)16/h7-9,14,18H,4-6,17H2,1-3H3. The van der Waals surface area contributed by atoms with Gasteiger partial charge in [-0.05, 0) is 30.9 Å². The number of rotatable bonds is 6. The van der Waals surface area contributed by atoms with Gasteiger partial charge in [-0.15, -0.1) is 0 Å². The molecule has 0 aliphatic rings. The molecule has 0 radical (unpaired) electrons. The molecule has 0 fully saturated rings. The summed E-state index contributed by atoms with van der Waals surface area (Å²) in [5.41, 5.74) is 3.50. The fourth-order valence-corrected chi connectivity index (χ4v) is 2.01. The molecule has 102 valence electrons. The van der Waals surface area contributed by atoms with Crippen LogP contribution in [-0.4, -0.2) is 0 Å². The Morgan fingerprint density at radius 2 is 1.83 bits per heavy atom. The van der Waals surface area contributed by atoms with Crippen LogP contribution < -0.4 is 11.3 Å². The van der Waals surface area contributed by atoms with E-state index in [4.69, 9.17) is 5.84 Å². The molecule has 0 aliphatic carbocycles. The highest BCUT2D eigenvalue weighted by Crippen LogP contribution is 2.25. The zero-order valence-corrected chi connectivity index (χ0v) is 11.3. The van der Waals surface area contributed by atoms with E-state index >= 15 is 0 Å². The summed E-state index contributed by atoms with van der Waals surface area (Å²) in [5, 5.41) is 0. The Morgan fingerprint density at radius 1 is 1.17 bits per heavy atom. The molecule has 18 heavy (non-hydrogen) atoms. The lowest BCUT2D eigenvalue weighted by Gasteiger charge is -2.18. The molecule has 0 aliphatic heterocycles. The Morgan fingerprint density at radius 3 is 2.39 bits per heavy atom. The zero-order valence-electron chi connectivity index (χ0n) is 11.3. The van der Waals surface area contributed by atoms with Crippen LogP contribution in [0, 0.1) is 24.5 Å². The molecule has 0 bridgehead atoms. The van der Waals surface area contributed by atoms with Crippen molar-refractivity contribution in [3.63, 3.8) is 0 Å². The lowest BCUT2D eigenvalue weighted by atomic mass is 9.97. The average Bonchev–Trinajstić information content (AvgIpc) is 2.30. The van der Waals surface area contributed by atoms with Gasteiger partial charge in [0, 0.05) is 17.7 Å². The molecule has 0 saturated heterocycles. The van der Waals surface area contributed by atoms with E-state index in [1.807, 2.05) is 0 Å². The SMILES string of the molecule is Cc1cc(C(CCCC(C)C)NN)c(F)cc1F. The molecule has 3 N–H and O–H groups in total. The van der Waals surface area contributed by atoms with Crippen LogP contribution in [0.3, 0.4) is 0 Å². The molecule has 0 saturated carbocycles. The second-order valence-electron chi connectivity index (χ2n) is 5.17. The van der Waals surface area contributed by atoms with Crippen molar-refractivity contribution in [1.29, 1.82) is 0 Å². The number of hydrogen-bond donors (Lipinski definition) is 2. The molecule has 1 aromatic carbocycles. The molecule has 1 aromatic rings. The van der Waals surface area contributed by atoms with Gasteiger partial charge in [0.2, 0.25) is 0 Å². The molecule has 1 atom stereocenters. The maximum absolute atomic E-state index is 13.7. The van der Waals surface area contributed by atoms with E-state index in [1.54, 1.807) is 6.92 Å². The van der Waals surface area contributed by atoms with Gasteiger partial charge in [0.1, 0.15) is 11.6 Å². The van der Waals surface area contributed by atoms with Crippen LogP contribution in [0.2, 0.25) is 0 Å². The summed E-state index contributed by atoms with van der Waals surface area (Å²) in [4.78, 5) is 0. The second kappa shape index (κ2) is 6.81. The summed E-state index contributed by atoms with van der Waals surface area (Å²) in [7, 11) is 0. The first-order valence-corrected chi connectivity index (χ1v) is 6.37. The predicted molar refractivity (Wildman–Crippen MR) is 69.8 cm³/mol. The Kier molecular flexibility index (Phi) is 5.69. The summed E-state index contributed by atoms with van der Waals surface area (Å²) in [6.07, 6.45) is 2.78. The van der Waals surface area contributed by atoms with Crippen molar-refractivity contribution in [2.45, 2.75) is 46.1 Å². The quantitative estimate of drug-likeness (QED) is 0.603. The molecule has 1 unspecified atom stereocenters. The van der Waals surface area contributed by atoms with Crippen molar-refractivity contribution in [2.75, 3.05) is 0 Å². The fraction of sp³-hybridized carbons (Fsp3) is 0.571. The predicted octanol–water partition coefficient (Wildman–Crippen LogP) is 3.60. The highest BCUT2D eigenvalue weighted by atomic mass is 19.1. The number of aryl methyl sites for hydroxylation is 1. The van der Waals surface area contributed by atoms with Gasteiger partial charge in [-0.3, -0.25) is 11.3 Å². The second-order valence-corrected chi connectivity index (χ2v) is 5.17. The average molecular weight is 256 g/mol. The van der Waals surface area contributed by atoms with Crippen LogP contribution in [0.15, 0.2) is 12.1 Å². The van der Waals surface area contributed by atoms with Gasteiger partial charge < -0.3 is 0 Å². The van der Waals surface area contributed by atoms with Crippen LogP contribution in [0.4, 0.5) is 8.78 Å². The third-order valence-corrected chi connectivity index (χ3v) is 3.13. The third-order valence-electron chi connectivity index (χ3n) is 3.13. The van der Waals surface area contributed by atoms with Gasteiger partial charge in [-0.2, -0.15) is 0 Å². The minimum Gasteiger partial charge on any atom is -0.271 e. The molecule has 1 rings (SSSR count). The Labute approximate surface area is 108 Å². The van der Waals surface area contributed by atoms with E-state index in [0.29, 0.717) is 17.0 Å². The van der Waals surface area contributed by atoms with E-state index in [9.17, 15) is 8.78 Å². The smallest absolute Gasteiger partial charge is 0.130 e. The molecule has 0 amide bonds. The Hall–Kier alpha value is -1.00. The zero-order chi connectivity index (χ0) is 13.7. The molecule has 0 spiro atoms. The van der Waals surface area contributed by atoms with Crippen molar-refractivity contribution < 1.29 is 8.78 Å². The number of nitrogens with two attached hydrogens (primary N) is 1. The van der Waals surface area contributed by atoms with Gasteiger partial charge in [0.15, 0.2) is 0 Å². The van der Waals surface area contributed by atoms with Crippen LogP contribution in [0.1, 0.15) is 50.3 Å². The summed E-state index contributed by atoms with van der Waals surface area (Å²) in [6.45, 7) is 5.92. The number of hydrazine groups is 1. The van der Waals surface area contributed by atoms with Gasteiger partial charge in [0.05, 0.1) is 0 Å². The maximum atomic E-state index is 13.7. The molecule has 0 aromatic heterocycles. The summed E-state index contributed by atoms with van der Waals surface area (Å²) < 4.78 is 26.9. The maximum Gasteiger partial charge on any atom is 0.130 e. The van der Waals surface area contributed by atoms with Crippen LogP contribution in [0.5, 0.6) is 0 Å². The Bertz CT molecular complexity index is 392. The van der Waals surface area contributed by atoms with Crippen molar-refractivity contribution in [3.8, 4) is 0 Å². The minimum absolute atomic E-state index is 0.261. The molecule has 2 nitrogen and oxygen atoms in total. The van der Waals surface area contributed by atoms with Gasteiger partial charge in [-0.25, -0.2) is 8.78 Å². The number of nitrogens with one attached hydrogen (secondary N) is 1. The topological polar surface area (TPSA) is 38.0 Å². The van der Waals surface area contributed by atoms with Crippen LogP contribution >= 0.6 is 0 Å². The third kappa shape index (κ3) is 4.03. The summed E-state index contributed by atoms with van der Waals surface area (Å²) in [6, 6.07) is 2.20. The Balaban J connectivity index is 2.78. The van der Waals surface area contributed by atoms with E-state index in [1.165, 1.54) is 6.07 Å². The van der Waals surface area contributed by atoms with Crippen molar-refractivity contribution in [3.05, 3.63) is 34.9 Å². The first-order chi connectivity index (χ1) is 8.45. The lowest BCUT2D eigenvalue weighted by molar-refractivity contribution is 0.438. The molecule has 0 heterocycles. The molecular weight excluding hydrogens is 234 g/mol. The van der Waals surface area contributed by atoms with Gasteiger partial charge >= 0.3 is 0 Å². The van der Waals surface area contributed by atoms with Gasteiger partial charge in [0.25, 0.3) is 0 Å².